The van der Waals surface area contributed by atoms with Crippen molar-refractivity contribution in [1.82, 2.24) is 0 Å². The summed E-state index contributed by atoms with van der Waals surface area (Å²) in [6.45, 7) is 10.2. The Hall–Kier alpha value is -3.86. The van der Waals surface area contributed by atoms with Crippen molar-refractivity contribution in [2.75, 3.05) is 23.9 Å². The van der Waals surface area contributed by atoms with E-state index in [0.717, 1.165) is 27.9 Å². The molecule has 0 spiro atoms. The lowest BCUT2D eigenvalue weighted by Crippen LogP contribution is -2.29. The molecule has 0 radical (unpaired) electrons. The highest BCUT2D eigenvalue weighted by Crippen LogP contribution is 2.43. The molecule has 4 rings (SSSR count). The van der Waals surface area contributed by atoms with Crippen molar-refractivity contribution >= 4 is 28.8 Å². The summed E-state index contributed by atoms with van der Waals surface area (Å²) in [6, 6.07) is 20.4. The second-order valence-corrected chi connectivity index (χ2v) is 10.8. The predicted molar refractivity (Wildman–Crippen MR) is 147 cm³/mol. The van der Waals surface area contributed by atoms with Crippen LogP contribution in [0, 0.1) is 13.8 Å². The number of ketones is 1. The minimum Gasteiger partial charge on any atom is -0.507 e. The molecule has 0 bridgehead atoms. The van der Waals surface area contributed by atoms with Gasteiger partial charge >= 0.3 is 0 Å². The maximum Gasteiger partial charge on any atom is 0.300 e. The number of aryl methyl sites for hydroxylation is 2. The average molecular weight is 483 g/mol. The molecule has 0 saturated carbocycles. The molecule has 1 unspecified atom stereocenters. The largest absolute Gasteiger partial charge is 0.507 e. The van der Waals surface area contributed by atoms with Gasteiger partial charge in [0.1, 0.15) is 5.76 Å². The SMILES string of the molecule is Cc1cccc(N2C(=O)C(=O)/C(=C(/O)c3cc(C(C)(C)C)ccc3C)C2c2ccc(N(C)C)cc2)c1. The Morgan fingerprint density at radius 3 is 2.17 bits per heavy atom. The first-order valence-electron chi connectivity index (χ1n) is 12.2. The van der Waals surface area contributed by atoms with Gasteiger partial charge in [-0.05, 0) is 71.8 Å². The molecule has 5 nitrogen and oxygen atoms in total. The molecule has 1 N–H and O–H groups in total. The Morgan fingerprint density at radius 1 is 0.917 bits per heavy atom. The number of amides is 1. The summed E-state index contributed by atoms with van der Waals surface area (Å²) in [5.74, 6) is -1.47. The number of anilines is 2. The number of aliphatic hydroxyl groups is 1. The Labute approximate surface area is 213 Å². The van der Waals surface area contributed by atoms with Gasteiger partial charge in [0.05, 0.1) is 11.6 Å². The van der Waals surface area contributed by atoms with E-state index in [-0.39, 0.29) is 16.7 Å². The van der Waals surface area contributed by atoms with E-state index in [2.05, 4.69) is 20.8 Å². The fraction of sp³-hybridized carbons (Fsp3) is 0.290. The lowest BCUT2D eigenvalue weighted by molar-refractivity contribution is -0.132. The quantitative estimate of drug-likeness (QED) is 0.270. The van der Waals surface area contributed by atoms with Gasteiger partial charge in [0.15, 0.2) is 0 Å². The van der Waals surface area contributed by atoms with Gasteiger partial charge in [0, 0.05) is 31.0 Å². The number of carbonyl (C=O) groups excluding carboxylic acids is 2. The topological polar surface area (TPSA) is 60.9 Å². The normalized spacial score (nSPS) is 17.5. The third-order valence-corrected chi connectivity index (χ3v) is 6.81. The molecular weight excluding hydrogens is 448 g/mol. The lowest BCUT2D eigenvalue weighted by atomic mass is 9.84. The molecule has 186 valence electrons. The summed E-state index contributed by atoms with van der Waals surface area (Å²) in [4.78, 5) is 30.5. The van der Waals surface area contributed by atoms with Crippen LogP contribution in [0.2, 0.25) is 0 Å². The van der Waals surface area contributed by atoms with Gasteiger partial charge in [-0.25, -0.2) is 0 Å². The first-order chi connectivity index (χ1) is 16.9. The van der Waals surface area contributed by atoms with Gasteiger partial charge in [-0.1, -0.05) is 57.2 Å². The zero-order valence-corrected chi connectivity index (χ0v) is 22.1. The molecule has 1 fully saturated rings. The summed E-state index contributed by atoms with van der Waals surface area (Å²) >= 11 is 0. The van der Waals surface area contributed by atoms with E-state index >= 15 is 0 Å². The number of rotatable bonds is 4. The van der Waals surface area contributed by atoms with Gasteiger partial charge in [-0.2, -0.15) is 0 Å². The van der Waals surface area contributed by atoms with Gasteiger partial charge in [-0.3, -0.25) is 14.5 Å². The van der Waals surface area contributed by atoms with Gasteiger partial charge in [0.25, 0.3) is 11.7 Å². The number of carbonyl (C=O) groups is 2. The van der Waals surface area contributed by atoms with Crippen molar-refractivity contribution in [3.63, 3.8) is 0 Å². The number of hydrogen-bond donors (Lipinski definition) is 1. The molecule has 3 aromatic rings. The molecule has 0 aromatic heterocycles. The van der Waals surface area contributed by atoms with Crippen molar-refractivity contribution in [3.05, 3.63) is 100 Å². The molecule has 1 heterocycles. The third kappa shape index (κ3) is 4.53. The minimum absolute atomic E-state index is 0.105. The lowest BCUT2D eigenvalue weighted by Gasteiger charge is -2.26. The summed E-state index contributed by atoms with van der Waals surface area (Å²) in [6.07, 6.45) is 0. The van der Waals surface area contributed by atoms with Crippen LogP contribution >= 0.6 is 0 Å². The Bertz CT molecular complexity index is 1360. The highest BCUT2D eigenvalue weighted by molar-refractivity contribution is 6.51. The van der Waals surface area contributed by atoms with Gasteiger partial charge in [0.2, 0.25) is 0 Å². The van der Waals surface area contributed by atoms with Crippen LogP contribution in [0.1, 0.15) is 54.6 Å². The predicted octanol–water partition coefficient (Wildman–Crippen LogP) is 6.29. The zero-order valence-electron chi connectivity index (χ0n) is 22.1. The number of Topliss-reactive ketones (excluding diaryl/α,β-unsaturated/α-hetero) is 1. The van der Waals surface area contributed by atoms with Crippen LogP contribution in [0.3, 0.4) is 0 Å². The molecule has 1 aliphatic heterocycles. The van der Waals surface area contributed by atoms with E-state index in [4.69, 9.17) is 0 Å². The van der Waals surface area contributed by atoms with E-state index in [1.807, 2.05) is 99.6 Å². The fourth-order valence-electron chi connectivity index (χ4n) is 4.64. The second-order valence-electron chi connectivity index (χ2n) is 10.8. The molecule has 1 aliphatic rings. The second kappa shape index (κ2) is 9.30. The molecule has 5 heteroatoms. The van der Waals surface area contributed by atoms with Crippen molar-refractivity contribution in [2.45, 2.75) is 46.1 Å². The van der Waals surface area contributed by atoms with Crippen LogP contribution in [0.4, 0.5) is 11.4 Å². The zero-order chi connectivity index (χ0) is 26.4. The molecule has 1 saturated heterocycles. The maximum absolute atomic E-state index is 13.5. The molecule has 1 atom stereocenters. The molecule has 0 aliphatic carbocycles. The van der Waals surface area contributed by atoms with Crippen molar-refractivity contribution in [1.29, 1.82) is 0 Å². The number of benzene rings is 3. The van der Waals surface area contributed by atoms with Crippen molar-refractivity contribution in [2.24, 2.45) is 0 Å². The number of hydrogen-bond acceptors (Lipinski definition) is 4. The first-order valence-corrected chi connectivity index (χ1v) is 12.2. The summed E-state index contributed by atoms with van der Waals surface area (Å²) in [5, 5.41) is 11.6. The highest BCUT2D eigenvalue weighted by Gasteiger charge is 2.47. The van der Waals surface area contributed by atoms with E-state index in [1.165, 1.54) is 4.90 Å². The Morgan fingerprint density at radius 2 is 1.58 bits per heavy atom. The van der Waals surface area contributed by atoms with E-state index in [9.17, 15) is 14.7 Å². The van der Waals surface area contributed by atoms with Crippen LogP contribution in [0.25, 0.3) is 5.76 Å². The van der Waals surface area contributed by atoms with Crippen LogP contribution in [-0.4, -0.2) is 30.9 Å². The summed E-state index contributed by atoms with van der Waals surface area (Å²) in [7, 11) is 3.91. The number of aliphatic hydroxyl groups excluding tert-OH is 1. The van der Waals surface area contributed by atoms with Crippen LogP contribution in [0.15, 0.2) is 72.3 Å². The third-order valence-electron chi connectivity index (χ3n) is 6.81. The highest BCUT2D eigenvalue weighted by atomic mass is 16.3. The fourth-order valence-corrected chi connectivity index (χ4v) is 4.64. The molecular formula is C31H34N2O3. The Kier molecular flexibility index (Phi) is 6.52. The van der Waals surface area contributed by atoms with Gasteiger partial charge in [-0.15, -0.1) is 0 Å². The van der Waals surface area contributed by atoms with E-state index < -0.39 is 17.7 Å². The van der Waals surface area contributed by atoms with Crippen LogP contribution in [0.5, 0.6) is 0 Å². The van der Waals surface area contributed by atoms with Crippen molar-refractivity contribution in [3.8, 4) is 0 Å². The minimum atomic E-state index is -0.749. The maximum atomic E-state index is 13.5. The molecule has 1 amide bonds. The smallest absolute Gasteiger partial charge is 0.300 e. The van der Waals surface area contributed by atoms with Gasteiger partial charge < -0.3 is 10.0 Å². The first kappa shape index (κ1) is 25.2. The average Bonchev–Trinajstić information content (AvgIpc) is 3.08. The molecule has 36 heavy (non-hydrogen) atoms. The standard InChI is InChI=1S/C31H34N2O3/c1-19-9-8-10-24(17-19)33-27(21-12-15-23(16-13-21)32(6)7)26(29(35)30(33)36)28(34)25-18-22(31(3,4)5)14-11-20(25)2/h8-18,27,34H,1-7H3/b28-26+. The summed E-state index contributed by atoms with van der Waals surface area (Å²) in [5.41, 5.74) is 5.76. The van der Waals surface area contributed by atoms with Crippen LogP contribution in [-0.2, 0) is 15.0 Å². The summed E-state index contributed by atoms with van der Waals surface area (Å²) < 4.78 is 0. The number of nitrogens with zero attached hydrogens (tertiary/aromatic N) is 2. The van der Waals surface area contributed by atoms with E-state index in [0.29, 0.717) is 11.3 Å². The monoisotopic (exact) mass is 482 g/mol. The van der Waals surface area contributed by atoms with Crippen LogP contribution < -0.4 is 9.80 Å². The van der Waals surface area contributed by atoms with Crippen molar-refractivity contribution < 1.29 is 14.7 Å². The Balaban J connectivity index is 1.97. The molecule has 3 aromatic carbocycles. The van der Waals surface area contributed by atoms with E-state index in [1.54, 1.807) is 0 Å².